The van der Waals surface area contributed by atoms with E-state index in [1.807, 2.05) is 0 Å². The average molecular weight is 206 g/mol. The van der Waals surface area contributed by atoms with Crippen LogP contribution in [0.5, 0.6) is 0 Å². The standard InChI is InChI=1S/C8H5F3OS/c1-4(12)13-5-2-6(9)8(11)7(10)3-5/h2-3H,1H3. The lowest BCUT2D eigenvalue weighted by molar-refractivity contribution is -0.109. The minimum atomic E-state index is -1.52. The molecule has 1 rings (SSSR count). The third-order valence-electron chi connectivity index (χ3n) is 1.22. The predicted octanol–water partition coefficient (Wildman–Crippen LogP) is 2.74. The highest BCUT2D eigenvalue weighted by Gasteiger charge is 2.11. The summed E-state index contributed by atoms with van der Waals surface area (Å²) in [7, 11) is 0. The van der Waals surface area contributed by atoms with Gasteiger partial charge in [0.25, 0.3) is 0 Å². The summed E-state index contributed by atoms with van der Waals surface area (Å²) in [6.45, 7) is 1.25. The Labute approximate surface area is 76.9 Å². The smallest absolute Gasteiger partial charge is 0.194 e. The van der Waals surface area contributed by atoms with Crippen LogP contribution in [-0.2, 0) is 4.79 Å². The topological polar surface area (TPSA) is 17.1 Å². The lowest BCUT2D eigenvalue weighted by atomic mass is 10.3. The molecule has 0 heterocycles. The molecule has 1 aromatic carbocycles. The van der Waals surface area contributed by atoms with E-state index in [4.69, 9.17) is 0 Å². The summed E-state index contributed by atoms with van der Waals surface area (Å²) in [5.74, 6) is -4.10. The number of carbonyl (C=O) groups is 1. The lowest BCUT2D eigenvalue weighted by Crippen LogP contribution is -1.92. The van der Waals surface area contributed by atoms with Gasteiger partial charge in [0.15, 0.2) is 22.6 Å². The van der Waals surface area contributed by atoms with Gasteiger partial charge in [-0.2, -0.15) is 0 Å². The maximum absolute atomic E-state index is 12.6. The highest BCUT2D eigenvalue weighted by Crippen LogP contribution is 2.22. The highest BCUT2D eigenvalue weighted by atomic mass is 32.2. The number of thioether (sulfide) groups is 1. The molecule has 0 bridgehead atoms. The Bertz CT molecular complexity index is 328. The summed E-state index contributed by atoms with van der Waals surface area (Å²) in [5, 5.41) is -0.314. The van der Waals surface area contributed by atoms with Gasteiger partial charge in [0, 0.05) is 11.8 Å². The number of halogens is 3. The summed E-state index contributed by atoms with van der Waals surface area (Å²) in [6, 6.07) is 1.56. The molecule has 0 saturated carbocycles. The van der Waals surface area contributed by atoms with Crippen LogP contribution < -0.4 is 0 Å². The molecule has 70 valence electrons. The molecule has 0 saturated heterocycles. The van der Waals surface area contributed by atoms with Crippen molar-refractivity contribution < 1.29 is 18.0 Å². The van der Waals surface area contributed by atoms with Gasteiger partial charge in [0.2, 0.25) is 0 Å². The number of carbonyl (C=O) groups excluding carboxylic acids is 1. The molecule has 0 radical (unpaired) electrons. The van der Waals surface area contributed by atoms with Crippen LogP contribution in [0, 0.1) is 17.5 Å². The van der Waals surface area contributed by atoms with Crippen LogP contribution in [0.4, 0.5) is 13.2 Å². The molecule has 5 heteroatoms. The quantitative estimate of drug-likeness (QED) is 0.519. The Kier molecular flexibility index (Phi) is 2.98. The molecule has 0 atom stereocenters. The van der Waals surface area contributed by atoms with Crippen molar-refractivity contribution in [2.75, 3.05) is 0 Å². The second-order valence-electron chi connectivity index (χ2n) is 2.29. The molecule has 0 amide bonds. The van der Waals surface area contributed by atoms with Gasteiger partial charge in [-0.1, -0.05) is 11.8 Å². The molecular weight excluding hydrogens is 201 g/mol. The van der Waals surface area contributed by atoms with Gasteiger partial charge >= 0.3 is 0 Å². The largest absolute Gasteiger partial charge is 0.287 e. The minimum Gasteiger partial charge on any atom is -0.287 e. The maximum atomic E-state index is 12.6. The van der Waals surface area contributed by atoms with E-state index in [0.29, 0.717) is 11.8 Å². The normalized spacial score (nSPS) is 10.2. The Morgan fingerprint density at radius 3 is 2.08 bits per heavy atom. The fourth-order valence-corrected chi connectivity index (χ4v) is 1.41. The van der Waals surface area contributed by atoms with Crippen molar-refractivity contribution in [2.45, 2.75) is 11.8 Å². The Morgan fingerprint density at radius 1 is 1.23 bits per heavy atom. The summed E-state index contributed by atoms with van der Waals surface area (Å²) in [5.41, 5.74) is 0. The van der Waals surface area contributed by atoms with E-state index in [1.165, 1.54) is 6.92 Å². The zero-order valence-corrected chi connectivity index (χ0v) is 7.42. The van der Waals surface area contributed by atoms with Crippen molar-refractivity contribution in [3.05, 3.63) is 29.6 Å². The molecule has 0 fully saturated rings. The van der Waals surface area contributed by atoms with E-state index < -0.39 is 17.5 Å². The average Bonchev–Trinajstić information content (AvgIpc) is 1.98. The lowest BCUT2D eigenvalue weighted by Gasteiger charge is -1.99. The minimum absolute atomic E-state index is 0.0592. The second kappa shape index (κ2) is 3.83. The van der Waals surface area contributed by atoms with Crippen molar-refractivity contribution in [1.82, 2.24) is 0 Å². The summed E-state index contributed by atoms with van der Waals surface area (Å²) in [6.07, 6.45) is 0. The second-order valence-corrected chi connectivity index (χ2v) is 3.54. The van der Waals surface area contributed by atoms with Crippen LogP contribution in [0.25, 0.3) is 0 Å². The van der Waals surface area contributed by atoms with Crippen LogP contribution >= 0.6 is 11.8 Å². The molecule has 13 heavy (non-hydrogen) atoms. The molecule has 1 aromatic rings. The molecule has 0 spiro atoms. The van der Waals surface area contributed by atoms with E-state index in [9.17, 15) is 18.0 Å². The number of rotatable bonds is 1. The fourth-order valence-electron chi connectivity index (χ4n) is 0.757. The van der Waals surface area contributed by atoms with Crippen molar-refractivity contribution in [3.8, 4) is 0 Å². The monoisotopic (exact) mass is 206 g/mol. The third-order valence-corrected chi connectivity index (χ3v) is 1.98. The van der Waals surface area contributed by atoms with E-state index in [2.05, 4.69) is 0 Å². The highest BCUT2D eigenvalue weighted by molar-refractivity contribution is 8.13. The van der Waals surface area contributed by atoms with Crippen LogP contribution in [0.3, 0.4) is 0 Å². The molecule has 1 nitrogen and oxygen atoms in total. The van der Waals surface area contributed by atoms with Gasteiger partial charge in [0.05, 0.1) is 0 Å². The van der Waals surface area contributed by atoms with E-state index >= 15 is 0 Å². The first kappa shape index (κ1) is 10.1. The third kappa shape index (κ3) is 2.48. The van der Waals surface area contributed by atoms with Crippen LogP contribution in [0.2, 0.25) is 0 Å². The first-order valence-electron chi connectivity index (χ1n) is 3.33. The fraction of sp³-hybridized carbons (Fsp3) is 0.125. The maximum Gasteiger partial charge on any atom is 0.194 e. The van der Waals surface area contributed by atoms with E-state index in [0.717, 1.165) is 12.1 Å². The molecule has 0 aliphatic rings. The molecule has 0 N–H and O–H groups in total. The zero-order chi connectivity index (χ0) is 10.0. The van der Waals surface area contributed by atoms with Gasteiger partial charge in [-0.05, 0) is 12.1 Å². The number of benzene rings is 1. The van der Waals surface area contributed by atoms with Gasteiger partial charge < -0.3 is 0 Å². The van der Waals surface area contributed by atoms with Gasteiger partial charge in [-0.15, -0.1) is 0 Å². The van der Waals surface area contributed by atoms with Gasteiger partial charge in [-0.25, -0.2) is 13.2 Å². The molecule has 0 aromatic heterocycles. The van der Waals surface area contributed by atoms with Crippen molar-refractivity contribution in [2.24, 2.45) is 0 Å². The van der Waals surface area contributed by atoms with Crippen LogP contribution in [0.15, 0.2) is 17.0 Å². The van der Waals surface area contributed by atoms with Crippen LogP contribution in [0.1, 0.15) is 6.92 Å². The Balaban J connectivity index is 3.06. The Morgan fingerprint density at radius 2 is 1.69 bits per heavy atom. The summed E-state index contributed by atoms with van der Waals surface area (Å²) < 4.78 is 37.5. The summed E-state index contributed by atoms with van der Waals surface area (Å²) in [4.78, 5) is 10.6. The first-order valence-corrected chi connectivity index (χ1v) is 4.15. The van der Waals surface area contributed by atoms with Crippen LogP contribution in [-0.4, -0.2) is 5.12 Å². The number of hydrogen-bond donors (Lipinski definition) is 0. The molecular formula is C8H5F3OS. The molecule has 0 aliphatic heterocycles. The van der Waals surface area contributed by atoms with Crippen molar-refractivity contribution in [3.63, 3.8) is 0 Å². The van der Waals surface area contributed by atoms with Gasteiger partial charge in [-0.3, -0.25) is 4.79 Å². The predicted molar refractivity (Wildman–Crippen MR) is 42.9 cm³/mol. The zero-order valence-electron chi connectivity index (χ0n) is 6.61. The van der Waals surface area contributed by atoms with E-state index in [-0.39, 0.29) is 10.0 Å². The van der Waals surface area contributed by atoms with E-state index in [1.54, 1.807) is 0 Å². The van der Waals surface area contributed by atoms with Crippen molar-refractivity contribution in [1.29, 1.82) is 0 Å². The SMILES string of the molecule is CC(=O)Sc1cc(F)c(F)c(F)c1. The van der Waals surface area contributed by atoms with Gasteiger partial charge in [0.1, 0.15) is 0 Å². The summed E-state index contributed by atoms with van der Waals surface area (Å²) >= 11 is 0.650. The molecule has 0 unspecified atom stereocenters. The molecule has 0 aliphatic carbocycles. The first-order chi connectivity index (χ1) is 6.00. The van der Waals surface area contributed by atoms with Crippen molar-refractivity contribution >= 4 is 16.9 Å². The Hall–Kier alpha value is -0.970. The number of hydrogen-bond acceptors (Lipinski definition) is 2.